The van der Waals surface area contributed by atoms with Crippen molar-refractivity contribution in [2.75, 3.05) is 7.11 Å². The molecule has 0 saturated heterocycles. The van der Waals surface area contributed by atoms with Crippen LogP contribution in [0.2, 0.25) is 0 Å². The molecule has 0 radical (unpaired) electrons. The molecule has 0 aromatic carbocycles. The third-order valence-corrected chi connectivity index (χ3v) is 2.98. The SMILES string of the molecule is CCc1c(C(=O)OC)nnn1Cc1cscn1. The van der Waals surface area contributed by atoms with Gasteiger partial charge in [0.1, 0.15) is 0 Å². The summed E-state index contributed by atoms with van der Waals surface area (Å²) in [5.41, 5.74) is 3.72. The fourth-order valence-corrected chi connectivity index (χ4v) is 2.08. The van der Waals surface area contributed by atoms with Crippen molar-refractivity contribution in [1.29, 1.82) is 0 Å². The maximum atomic E-state index is 11.5. The summed E-state index contributed by atoms with van der Waals surface area (Å²) < 4.78 is 6.34. The number of aromatic nitrogens is 4. The molecule has 6 nitrogen and oxygen atoms in total. The number of carbonyl (C=O) groups is 1. The number of thiazole rings is 1. The highest BCUT2D eigenvalue weighted by atomic mass is 32.1. The van der Waals surface area contributed by atoms with Gasteiger partial charge in [0, 0.05) is 5.38 Å². The average molecular weight is 252 g/mol. The van der Waals surface area contributed by atoms with E-state index in [-0.39, 0.29) is 5.69 Å². The molecule has 0 aliphatic rings. The van der Waals surface area contributed by atoms with Crippen molar-refractivity contribution in [1.82, 2.24) is 20.0 Å². The van der Waals surface area contributed by atoms with Crippen LogP contribution in [0.1, 0.15) is 28.8 Å². The van der Waals surface area contributed by atoms with Crippen molar-refractivity contribution >= 4 is 17.3 Å². The summed E-state index contributed by atoms with van der Waals surface area (Å²) in [6, 6.07) is 0. The van der Waals surface area contributed by atoms with Gasteiger partial charge >= 0.3 is 5.97 Å². The molecule has 0 fully saturated rings. The third-order valence-electron chi connectivity index (χ3n) is 2.35. The minimum absolute atomic E-state index is 0.283. The van der Waals surface area contributed by atoms with Crippen LogP contribution in [-0.4, -0.2) is 33.1 Å². The van der Waals surface area contributed by atoms with E-state index in [9.17, 15) is 4.79 Å². The Balaban J connectivity index is 2.29. The monoisotopic (exact) mass is 252 g/mol. The highest BCUT2D eigenvalue weighted by molar-refractivity contribution is 7.07. The van der Waals surface area contributed by atoms with Gasteiger partial charge in [-0.1, -0.05) is 12.1 Å². The van der Waals surface area contributed by atoms with Gasteiger partial charge in [-0.25, -0.2) is 14.5 Å². The van der Waals surface area contributed by atoms with Gasteiger partial charge in [-0.3, -0.25) is 0 Å². The van der Waals surface area contributed by atoms with E-state index in [1.807, 2.05) is 12.3 Å². The molecule has 17 heavy (non-hydrogen) atoms. The predicted octanol–water partition coefficient (Wildman–Crippen LogP) is 1.13. The molecular weight excluding hydrogens is 240 g/mol. The number of rotatable bonds is 4. The van der Waals surface area contributed by atoms with E-state index in [4.69, 9.17) is 0 Å². The number of hydrogen-bond acceptors (Lipinski definition) is 6. The Hall–Kier alpha value is -1.76. The van der Waals surface area contributed by atoms with E-state index in [0.29, 0.717) is 13.0 Å². The van der Waals surface area contributed by atoms with E-state index in [2.05, 4.69) is 20.0 Å². The molecule has 0 aliphatic carbocycles. The highest BCUT2D eigenvalue weighted by Gasteiger charge is 2.19. The first-order valence-corrected chi connectivity index (χ1v) is 6.08. The van der Waals surface area contributed by atoms with Crippen LogP contribution < -0.4 is 0 Å². The number of carbonyl (C=O) groups excluding carboxylic acids is 1. The van der Waals surface area contributed by atoms with Crippen LogP contribution in [0.15, 0.2) is 10.9 Å². The van der Waals surface area contributed by atoms with Crippen molar-refractivity contribution < 1.29 is 9.53 Å². The Morgan fingerprint density at radius 2 is 2.41 bits per heavy atom. The average Bonchev–Trinajstić information content (AvgIpc) is 2.97. The highest BCUT2D eigenvalue weighted by Crippen LogP contribution is 2.10. The zero-order chi connectivity index (χ0) is 12.3. The van der Waals surface area contributed by atoms with Crippen LogP contribution in [0.4, 0.5) is 0 Å². The molecule has 0 atom stereocenters. The fourth-order valence-electron chi connectivity index (χ4n) is 1.53. The third kappa shape index (κ3) is 2.33. The Labute approximate surface area is 102 Å². The quantitative estimate of drug-likeness (QED) is 0.763. The van der Waals surface area contributed by atoms with Gasteiger partial charge in [-0.05, 0) is 6.42 Å². The Morgan fingerprint density at radius 3 is 3.00 bits per heavy atom. The molecule has 7 heteroatoms. The van der Waals surface area contributed by atoms with Crippen LogP contribution in [-0.2, 0) is 17.7 Å². The summed E-state index contributed by atoms with van der Waals surface area (Å²) in [5.74, 6) is -0.452. The van der Waals surface area contributed by atoms with Crippen molar-refractivity contribution in [2.24, 2.45) is 0 Å². The molecule has 2 aromatic heterocycles. The first kappa shape index (κ1) is 11.7. The molecule has 0 saturated carbocycles. The smallest absolute Gasteiger partial charge is 0.360 e. The lowest BCUT2D eigenvalue weighted by atomic mass is 10.2. The topological polar surface area (TPSA) is 69.9 Å². The minimum Gasteiger partial charge on any atom is -0.464 e. The lowest BCUT2D eigenvalue weighted by Crippen LogP contribution is -2.09. The maximum Gasteiger partial charge on any atom is 0.360 e. The number of ether oxygens (including phenoxy) is 1. The predicted molar refractivity (Wildman–Crippen MR) is 62.0 cm³/mol. The zero-order valence-corrected chi connectivity index (χ0v) is 10.4. The van der Waals surface area contributed by atoms with E-state index in [0.717, 1.165) is 11.4 Å². The molecule has 90 valence electrons. The second-order valence-electron chi connectivity index (χ2n) is 3.37. The van der Waals surface area contributed by atoms with Crippen molar-refractivity contribution in [3.63, 3.8) is 0 Å². The Morgan fingerprint density at radius 1 is 1.59 bits per heavy atom. The van der Waals surface area contributed by atoms with E-state index in [1.54, 1.807) is 10.2 Å². The summed E-state index contributed by atoms with van der Waals surface area (Å²) >= 11 is 1.53. The molecule has 0 unspecified atom stereocenters. The van der Waals surface area contributed by atoms with Gasteiger partial charge in [0.2, 0.25) is 0 Å². The van der Waals surface area contributed by atoms with Crippen molar-refractivity contribution in [2.45, 2.75) is 19.9 Å². The van der Waals surface area contributed by atoms with Crippen LogP contribution in [0.25, 0.3) is 0 Å². The molecule has 2 rings (SSSR count). The van der Waals surface area contributed by atoms with Crippen molar-refractivity contribution in [3.8, 4) is 0 Å². The standard InChI is InChI=1S/C10H12N4O2S/c1-3-8-9(10(15)16-2)12-13-14(8)4-7-5-17-6-11-7/h5-6H,3-4H2,1-2H3. The molecule has 2 aromatic rings. The first-order valence-electron chi connectivity index (χ1n) is 5.14. The van der Waals surface area contributed by atoms with Crippen LogP contribution in [0.5, 0.6) is 0 Å². The summed E-state index contributed by atoms with van der Waals surface area (Å²) in [6.07, 6.45) is 0.668. The van der Waals surface area contributed by atoms with Gasteiger partial charge in [0.05, 0.1) is 30.6 Å². The Kier molecular flexibility index (Phi) is 3.48. The van der Waals surface area contributed by atoms with Gasteiger partial charge in [-0.15, -0.1) is 16.4 Å². The number of methoxy groups -OCH3 is 1. The lowest BCUT2D eigenvalue weighted by molar-refractivity contribution is 0.0592. The van der Waals surface area contributed by atoms with Gasteiger partial charge < -0.3 is 4.74 Å². The van der Waals surface area contributed by atoms with Crippen LogP contribution in [0, 0.1) is 0 Å². The second-order valence-corrected chi connectivity index (χ2v) is 4.09. The Bertz CT molecular complexity index is 506. The summed E-state index contributed by atoms with van der Waals surface area (Å²) in [4.78, 5) is 15.6. The van der Waals surface area contributed by atoms with E-state index >= 15 is 0 Å². The molecule has 0 amide bonds. The number of esters is 1. The summed E-state index contributed by atoms with van der Waals surface area (Å²) in [6.45, 7) is 2.47. The molecule has 0 aliphatic heterocycles. The largest absolute Gasteiger partial charge is 0.464 e. The van der Waals surface area contributed by atoms with Crippen LogP contribution >= 0.6 is 11.3 Å². The minimum atomic E-state index is -0.452. The number of nitrogens with zero attached hydrogens (tertiary/aromatic N) is 4. The number of hydrogen-bond donors (Lipinski definition) is 0. The summed E-state index contributed by atoms with van der Waals surface area (Å²) in [5, 5.41) is 9.76. The molecule has 2 heterocycles. The molecular formula is C10H12N4O2S. The summed E-state index contributed by atoms with van der Waals surface area (Å²) in [7, 11) is 1.33. The normalized spacial score (nSPS) is 10.5. The van der Waals surface area contributed by atoms with Gasteiger partial charge in [-0.2, -0.15) is 0 Å². The molecule has 0 bridgehead atoms. The van der Waals surface area contributed by atoms with E-state index < -0.39 is 5.97 Å². The molecule has 0 spiro atoms. The maximum absolute atomic E-state index is 11.5. The second kappa shape index (κ2) is 5.05. The van der Waals surface area contributed by atoms with Crippen molar-refractivity contribution in [3.05, 3.63) is 28.0 Å². The van der Waals surface area contributed by atoms with E-state index in [1.165, 1.54) is 18.4 Å². The molecule has 0 N–H and O–H groups in total. The zero-order valence-electron chi connectivity index (χ0n) is 9.58. The van der Waals surface area contributed by atoms with Gasteiger partial charge in [0.15, 0.2) is 5.69 Å². The van der Waals surface area contributed by atoms with Gasteiger partial charge in [0.25, 0.3) is 0 Å². The lowest BCUT2D eigenvalue weighted by Gasteiger charge is -2.03. The first-order chi connectivity index (χ1) is 8.26. The van der Waals surface area contributed by atoms with Crippen LogP contribution in [0.3, 0.4) is 0 Å². The fraction of sp³-hybridized carbons (Fsp3) is 0.400.